The lowest BCUT2D eigenvalue weighted by Gasteiger charge is -2.23. The van der Waals surface area contributed by atoms with E-state index in [-0.39, 0.29) is 18.3 Å². The predicted octanol–water partition coefficient (Wildman–Crippen LogP) is 2.29. The van der Waals surface area contributed by atoms with Crippen LogP contribution in [0.4, 0.5) is 10.1 Å². The van der Waals surface area contributed by atoms with E-state index in [0.717, 1.165) is 5.56 Å². The number of benzene rings is 1. The van der Waals surface area contributed by atoms with Crippen LogP contribution in [0.3, 0.4) is 0 Å². The molecule has 5 heteroatoms. The highest BCUT2D eigenvalue weighted by atomic mass is 19.1. The molecule has 2 N–H and O–H groups in total. The summed E-state index contributed by atoms with van der Waals surface area (Å²) in [5.41, 5.74) is 1.37. The zero-order valence-corrected chi connectivity index (χ0v) is 13.4. The molecule has 4 nitrogen and oxygen atoms in total. The maximum absolute atomic E-state index is 14.2. The Morgan fingerprint density at radius 2 is 2.05 bits per heavy atom. The van der Waals surface area contributed by atoms with Gasteiger partial charge in [-0.05, 0) is 31.5 Å². The van der Waals surface area contributed by atoms with Gasteiger partial charge in [-0.2, -0.15) is 0 Å². The van der Waals surface area contributed by atoms with Crippen molar-refractivity contribution < 1.29 is 9.18 Å². The Balaban J connectivity index is 2.78. The Morgan fingerprint density at radius 3 is 2.57 bits per heavy atom. The number of nitrogens with one attached hydrogen (secondary N) is 2. The number of nitrogens with zero attached hydrogens (tertiary/aromatic N) is 1. The molecule has 1 aromatic rings. The van der Waals surface area contributed by atoms with Gasteiger partial charge in [0.15, 0.2) is 0 Å². The molecule has 1 amide bonds. The number of carbonyl (C=O) groups excluding carboxylic acids is 1. The summed E-state index contributed by atoms with van der Waals surface area (Å²) in [6.45, 7) is 9.85. The highest BCUT2D eigenvalue weighted by Gasteiger charge is 2.14. The van der Waals surface area contributed by atoms with Crippen LogP contribution in [0.2, 0.25) is 0 Å². The number of carbonyl (C=O) groups is 1. The third kappa shape index (κ3) is 5.71. The fourth-order valence-corrected chi connectivity index (χ4v) is 2.03. The summed E-state index contributed by atoms with van der Waals surface area (Å²) < 4.78 is 14.2. The minimum absolute atomic E-state index is 0.0932. The molecular weight excluding hydrogens is 269 g/mol. The highest BCUT2D eigenvalue weighted by Crippen LogP contribution is 2.20. The fraction of sp³-hybridized carbons (Fsp3) is 0.562. The van der Waals surface area contributed by atoms with Crippen LogP contribution in [0.5, 0.6) is 0 Å². The van der Waals surface area contributed by atoms with Gasteiger partial charge in [-0.15, -0.1) is 0 Å². The predicted molar refractivity (Wildman–Crippen MR) is 84.9 cm³/mol. The molecule has 0 aliphatic heterocycles. The normalized spacial score (nSPS) is 10.8. The Morgan fingerprint density at radius 1 is 1.33 bits per heavy atom. The van der Waals surface area contributed by atoms with E-state index in [1.165, 1.54) is 6.07 Å². The number of halogens is 1. The highest BCUT2D eigenvalue weighted by molar-refractivity contribution is 5.81. The van der Waals surface area contributed by atoms with Crippen LogP contribution in [0.1, 0.15) is 33.3 Å². The smallest absolute Gasteiger partial charge is 0.239 e. The molecule has 0 radical (unpaired) electrons. The summed E-state index contributed by atoms with van der Waals surface area (Å²) in [6.07, 6.45) is 0. The van der Waals surface area contributed by atoms with E-state index in [2.05, 4.69) is 24.5 Å². The van der Waals surface area contributed by atoms with E-state index in [0.29, 0.717) is 31.4 Å². The molecule has 0 bridgehead atoms. The van der Waals surface area contributed by atoms with E-state index in [4.69, 9.17) is 0 Å². The number of hydrogen-bond acceptors (Lipinski definition) is 3. The van der Waals surface area contributed by atoms with Crippen LogP contribution in [-0.2, 0) is 11.3 Å². The monoisotopic (exact) mass is 295 g/mol. The average molecular weight is 295 g/mol. The van der Waals surface area contributed by atoms with Gasteiger partial charge in [-0.3, -0.25) is 4.79 Å². The van der Waals surface area contributed by atoms with Crippen molar-refractivity contribution >= 4 is 11.6 Å². The first-order valence-electron chi connectivity index (χ1n) is 7.51. The molecule has 21 heavy (non-hydrogen) atoms. The van der Waals surface area contributed by atoms with Crippen LogP contribution in [-0.4, -0.2) is 31.6 Å². The first-order valence-corrected chi connectivity index (χ1v) is 7.51. The molecular formula is C16H26FN3O. The number of anilines is 1. The van der Waals surface area contributed by atoms with Crippen LogP contribution < -0.4 is 15.5 Å². The maximum atomic E-state index is 14.2. The molecule has 0 heterocycles. The molecule has 0 aliphatic carbocycles. The lowest BCUT2D eigenvalue weighted by atomic mass is 10.1. The average Bonchev–Trinajstić information content (AvgIpc) is 2.43. The van der Waals surface area contributed by atoms with E-state index in [9.17, 15) is 9.18 Å². The van der Waals surface area contributed by atoms with Crippen LogP contribution in [0, 0.1) is 5.82 Å². The first-order chi connectivity index (χ1) is 9.97. The van der Waals surface area contributed by atoms with Gasteiger partial charge in [0, 0.05) is 25.7 Å². The summed E-state index contributed by atoms with van der Waals surface area (Å²) in [4.78, 5) is 13.4. The molecule has 0 saturated carbocycles. The van der Waals surface area contributed by atoms with Crippen LogP contribution in [0.25, 0.3) is 0 Å². The van der Waals surface area contributed by atoms with Gasteiger partial charge in [0.1, 0.15) is 5.82 Å². The van der Waals surface area contributed by atoms with Gasteiger partial charge < -0.3 is 15.5 Å². The van der Waals surface area contributed by atoms with Crippen molar-refractivity contribution in [1.82, 2.24) is 10.6 Å². The third-order valence-corrected chi connectivity index (χ3v) is 3.16. The van der Waals surface area contributed by atoms with E-state index >= 15 is 0 Å². The largest absolute Gasteiger partial charge is 0.360 e. The van der Waals surface area contributed by atoms with Gasteiger partial charge in [0.05, 0.1) is 12.2 Å². The second-order valence-corrected chi connectivity index (χ2v) is 5.29. The van der Waals surface area contributed by atoms with E-state index in [1.807, 2.05) is 19.9 Å². The van der Waals surface area contributed by atoms with Gasteiger partial charge in [-0.1, -0.05) is 19.9 Å². The molecule has 0 unspecified atom stereocenters. The fourth-order valence-electron chi connectivity index (χ4n) is 2.03. The Bertz CT molecular complexity index is 463. The Hall–Kier alpha value is -1.62. The Kier molecular flexibility index (Phi) is 7.15. The van der Waals surface area contributed by atoms with Gasteiger partial charge in [0.2, 0.25) is 5.91 Å². The second-order valence-electron chi connectivity index (χ2n) is 5.29. The summed E-state index contributed by atoms with van der Waals surface area (Å²) in [6, 6.07) is 5.53. The maximum Gasteiger partial charge on any atom is 0.239 e. The summed E-state index contributed by atoms with van der Waals surface area (Å²) in [5.74, 6) is -0.381. The molecule has 0 fully saturated rings. The van der Waals surface area contributed by atoms with E-state index in [1.54, 1.807) is 11.0 Å². The van der Waals surface area contributed by atoms with Crippen molar-refractivity contribution in [1.29, 1.82) is 0 Å². The van der Waals surface area contributed by atoms with Crippen LogP contribution >= 0.6 is 0 Å². The SMILES string of the molecule is CCNC(=O)CN(CC)c1ccc(CNC(C)C)cc1F. The topological polar surface area (TPSA) is 44.4 Å². The number of hydrogen-bond donors (Lipinski definition) is 2. The van der Waals surface area contributed by atoms with Crippen molar-refractivity contribution in [3.8, 4) is 0 Å². The lowest BCUT2D eigenvalue weighted by molar-refractivity contribution is -0.119. The molecule has 118 valence electrons. The van der Waals surface area contributed by atoms with Crippen LogP contribution in [0.15, 0.2) is 18.2 Å². The van der Waals surface area contributed by atoms with Crippen molar-refractivity contribution in [2.75, 3.05) is 24.5 Å². The van der Waals surface area contributed by atoms with Crippen molar-refractivity contribution in [2.24, 2.45) is 0 Å². The van der Waals surface area contributed by atoms with Gasteiger partial charge in [-0.25, -0.2) is 4.39 Å². The summed E-state index contributed by atoms with van der Waals surface area (Å²) in [5, 5.41) is 5.99. The van der Waals surface area contributed by atoms with E-state index < -0.39 is 0 Å². The number of rotatable bonds is 8. The van der Waals surface area contributed by atoms with Gasteiger partial charge in [0.25, 0.3) is 0 Å². The molecule has 0 spiro atoms. The van der Waals surface area contributed by atoms with Crippen molar-refractivity contribution in [3.05, 3.63) is 29.6 Å². The zero-order chi connectivity index (χ0) is 15.8. The third-order valence-electron chi connectivity index (χ3n) is 3.16. The quantitative estimate of drug-likeness (QED) is 0.773. The molecule has 1 rings (SSSR count). The standard InChI is InChI=1S/C16H26FN3O/c1-5-18-16(21)11-20(6-2)15-8-7-13(9-14(15)17)10-19-12(3)4/h7-9,12,19H,5-6,10-11H2,1-4H3,(H,18,21). The number of amides is 1. The number of likely N-dealkylation sites (N-methyl/N-ethyl adjacent to an activating group) is 2. The molecule has 0 aromatic heterocycles. The molecule has 0 saturated heterocycles. The zero-order valence-electron chi connectivity index (χ0n) is 13.4. The molecule has 0 atom stereocenters. The summed E-state index contributed by atoms with van der Waals surface area (Å²) >= 11 is 0. The molecule has 0 aliphatic rings. The first kappa shape index (κ1) is 17.4. The van der Waals surface area contributed by atoms with Gasteiger partial charge >= 0.3 is 0 Å². The lowest BCUT2D eigenvalue weighted by Crippen LogP contribution is -2.37. The minimum atomic E-state index is -0.288. The second kappa shape index (κ2) is 8.62. The summed E-state index contributed by atoms with van der Waals surface area (Å²) in [7, 11) is 0. The Labute approximate surface area is 126 Å². The molecule has 1 aromatic carbocycles. The minimum Gasteiger partial charge on any atom is -0.360 e. The van der Waals surface area contributed by atoms with Crippen molar-refractivity contribution in [2.45, 2.75) is 40.3 Å². The van der Waals surface area contributed by atoms with Crippen molar-refractivity contribution in [3.63, 3.8) is 0 Å².